The topological polar surface area (TPSA) is 26.0 Å². The molecule has 0 aliphatic heterocycles. The van der Waals surface area contributed by atoms with Crippen molar-refractivity contribution in [2.45, 2.75) is 13.8 Å². The van der Waals surface area contributed by atoms with Crippen LogP contribution in [0.2, 0.25) is 0 Å². The maximum atomic E-state index is 6.04. The lowest BCUT2D eigenvalue weighted by Crippen LogP contribution is -1.85. The van der Waals surface area contributed by atoms with Gasteiger partial charge in [-0.1, -0.05) is 48.5 Å². The number of hydrogen-bond donors (Lipinski definition) is 0. The van der Waals surface area contributed by atoms with Crippen LogP contribution in [0.1, 0.15) is 11.1 Å². The van der Waals surface area contributed by atoms with E-state index in [1.165, 1.54) is 11.1 Å². The Kier molecular flexibility index (Phi) is 3.23. The zero-order chi connectivity index (χ0) is 15.8. The zero-order valence-corrected chi connectivity index (χ0v) is 13.2. The summed E-state index contributed by atoms with van der Waals surface area (Å²) in [7, 11) is 0. The summed E-state index contributed by atoms with van der Waals surface area (Å²) in [6.07, 6.45) is 0. The van der Waals surface area contributed by atoms with Crippen LogP contribution >= 0.6 is 0 Å². The van der Waals surface area contributed by atoms with Gasteiger partial charge in [0, 0.05) is 17.2 Å². The van der Waals surface area contributed by atoms with Gasteiger partial charge in [0.15, 0.2) is 5.58 Å². The molecule has 0 amide bonds. The summed E-state index contributed by atoms with van der Waals surface area (Å²) < 4.78 is 6.04. The number of aromatic nitrogens is 1. The maximum Gasteiger partial charge on any atom is 0.153 e. The molecular weight excluding hydrogens is 282 g/mol. The van der Waals surface area contributed by atoms with Gasteiger partial charge in [-0.3, -0.25) is 0 Å². The summed E-state index contributed by atoms with van der Waals surface area (Å²) in [5.41, 5.74) is 7.38. The fourth-order valence-corrected chi connectivity index (χ4v) is 3.02. The lowest BCUT2D eigenvalue weighted by Gasteiger charge is -2.05. The summed E-state index contributed by atoms with van der Waals surface area (Å²) in [5.74, 6) is 0.883. The van der Waals surface area contributed by atoms with Gasteiger partial charge in [-0.2, -0.15) is 0 Å². The summed E-state index contributed by atoms with van der Waals surface area (Å²) >= 11 is 0. The van der Waals surface area contributed by atoms with Crippen LogP contribution in [0.25, 0.3) is 33.7 Å². The third kappa shape index (κ3) is 2.42. The Morgan fingerprint density at radius 1 is 0.783 bits per heavy atom. The van der Waals surface area contributed by atoms with E-state index in [0.29, 0.717) is 0 Å². The standard InChI is InChI=1S/C21H17NO/c1-14-7-6-8-15(2)21(14)20-13-18-19(23-20)12-11-17(22-18)16-9-4-3-5-10-16/h3-13H,1-2H3. The predicted molar refractivity (Wildman–Crippen MR) is 94.4 cm³/mol. The molecule has 0 N–H and O–H groups in total. The minimum atomic E-state index is 0.822. The summed E-state index contributed by atoms with van der Waals surface area (Å²) in [4.78, 5) is 4.76. The van der Waals surface area contributed by atoms with E-state index in [1.54, 1.807) is 0 Å². The normalized spacial score (nSPS) is 11.0. The van der Waals surface area contributed by atoms with Crippen LogP contribution in [-0.4, -0.2) is 4.98 Å². The Morgan fingerprint density at radius 3 is 2.26 bits per heavy atom. The summed E-state index contributed by atoms with van der Waals surface area (Å²) in [6.45, 7) is 4.22. The van der Waals surface area contributed by atoms with Crippen LogP contribution in [0.3, 0.4) is 0 Å². The zero-order valence-electron chi connectivity index (χ0n) is 13.2. The minimum Gasteiger partial charge on any atom is -0.454 e. The maximum absolute atomic E-state index is 6.04. The molecule has 0 radical (unpaired) electrons. The molecule has 0 unspecified atom stereocenters. The molecule has 2 aromatic carbocycles. The fraction of sp³-hybridized carbons (Fsp3) is 0.0952. The van der Waals surface area contributed by atoms with Crippen molar-refractivity contribution in [3.8, 4) is 22.6 Å². The van der Waals surface area contributed by atoms with Gasteiger partial charge >= 0.3 is 0 Å². The Balaban J connectivity index is 1.86. The first-order chi connectivity index (χ1) is 11.2. The van der Waals surface area contributed by atoms with Gasteiger partial charge in [0.1, 0.15) is 11.3 Å². The molecule has 4 aromatic rings. The SMILES string of the molecule is Cc1cccc(C)c1-c1cc2nc(-c3ccccc3)ccc2o1. The first-order valence-corrected chi connectivity index (χ1v) is 7.75. The second-order valence-corrected chi connectivity index (χ2v) is 5.82. The van der Waals surface area contributed by atoms with E-state index in [1.807, 2.05) is 36.4 Å². The molecule has 0 atom stereocenters. The van der Waals surface area contributed by atoms with E-state index in [-0.39, 0.29) is 0 Å². The summed E-state index contributed by atoms with van der Waals surface area (Å²) in [6, 6.07) is 22.5. The Hall–Kier alpha value is -2.87. The molecular formula is C21H17NO. The average Bonchev–Trinajstić information content (AvgIpc) is 2.98. The molecule has 112 valence electrons. The molecule has 0 saturated carbocycles. The highest BCUT2D eigenvalue weighted by molar-refractivity contribution is 5.83. The Morgan fingerprint density at radius 2 is 1.52 bits per heavy atom. The first-order valence-electron chi connectivity index (χ1n) is 7.75. The van der Waals surface area contributed by atoms with Crippen molar-refractivity contribution < 1.29 is 4.42 Å². The van der Waals surface area contributed by atoms with Crippen molar-refractivity contribution in [2.75, 3.05) is 0 Å². The van der Waals surface area contributed by atoms with Crippen molar-refractivity contribution in [1.29, 1.82) is 0 Å². The number of aryl methyl sites for hydroxylation is 2. The number of benzene rings is 2. The van der Waals surface area contributed by atoms with Gasteiger partial charge < -0.3 is 4.42 Å². The second kappa shape index (κ2) is 5.40. The second-order valence-electron chi connectivity index (χ2n) is 5.82. The summed E-state index contributed by atoms with van der Waals surface area (Å²) in [5, 5.41) is 0. The highest BCUT2D eigenvalue weighted by Gasteiger charge is 2.12. The fourth-order valence-electron chi connectivity index (χ4n) is 3.02. The lowest BCUT2D eigenvalue weighted by molar-refractivity contribution is 0.630. The van der Waals surface area contributed by atoms with Gasteiger partial charge in [0.2, 0.25) is 0 Å². The number of nitrogens with zero attached hydrogens (tertiary/aromatic N) is 1. The number of pyridine rings is 1. The first kappa shape index (κ1) is 13.8. The highest BCUT2D eigenvalue weighted by Crippen LogP contribution is 2.32. The monoisotopic (exact) mass is 299 g/mol. The van der Waals surface area contributed by atoms with Gasteiger partial charge in [-0.15, -0.1) is 0 Å². The minimum absolute atomic E-state index is 0.822. The molecule has 4 rings (SSSR count). The quantitative estimate of drug-likeness (QED) is 0.469. The third-order valence-corrected chi connectivity index (χ3v) is 4.17. The molecule has 2 heterocycles. The molecule has 2 nitrogen and oxygen atoms in total. The van der Waals surface area contributed by atoms with Crippen LogP contribution in [0, 0.1) is 13.8 Å². The molecule has 0 spiro atoms. The van der Waals surface area contributed by atoms with E-state index in [2.05, 4.69) is 44.2 Å². The van der Waals surface area contributed by atoms with E-state index in [0.717, 1.165) is 33.7 Å². The molecule has 2 aromatic heterocycles. The van der Waals surface area contributed by atoms with Crippen molar-refractivity contribution >= 4 is 11.1 Å². The molecule has 2 heteroatoms. The van der Waals surface area contributed by atoms with Gasteiger partial charge in [-0.25, -0.2) is 4.98 Å². The third-order valence-electron chi connectivity index (χ3n) is 4.17. The van der Waals surface area contributed by atoms with Gasteiger partial charge in [0.05, 0.1) is 5.69 Å². The molecule has 0 bridgehead atoms. The predicted octanol–water partition coefficient (Wildman–Crippen LogP) is 5.78. The van der Waals surface area contributed by atoms with Crippen molar-refractivity contribution in [3.05, 3.63) is 77.9 Å². The molecule has 23 heavy (non-hydrogen) atoms. The lowest BCUT2D eigenvalue weighted by atomic mass is 10.0. The van der Waals surface area contributed by atoms with Gasteiger partial charge in [-0.05, 0) is 37.1 Å². The number of rotatable bonds is 2. The molecule has 0 saturated heterocycles. The number of fused-ring (bicyclic) bond motifs is 1. The van der Waals surface area contributed by atoms with Crippen LogP contribution in [-0.2, 0) is 0 Å². The van der Waals surface area contributed by atoms with Crippen molar-refractivity contribution in [1.82, 2.24) is 4.98 Å². The van der Waals surface area contributed by atoms with Crippen molar-refractivity contribution in [2.24, 2.45) is 0 Å². The smallest absolute Gasteiger partial charge is 0.153 e. The largest absolute Gasteiger partial charge is 0.454 e. The van der Waals surface area contributed by atoms with Crippen LogP contribution in [0.15, 0.2) is 71.1 Å². The van der Waals surface area contributed by atoms with E-state index in [9.17, 15) is 0 Å². The highest BCUT2D eigenvalue weighted by atomic mass is 16.3. The van der Waals surface area contributed by atoms with E-state index >= 15 is 0 Å². The van der Waals surface area contributed by atoms with Crippen molar-refractivity contribution in [3.63, 3.8) is 0 Å². The molecule has 0 fully saturated rings. The average molecular weight is 299 g/mol. The Bertz CT molecular complexity index is 963. The van der Waals surface area contributed by atoms with E-state index < -0.39 is 0 Å². The number of furan rings is 1. The van der Waals surface area contributed by atoms with Crippen LogP contribution in [0.4, 0.5) is 0 Å². The Labute approximate surface area is 135 Å². The van der Waals surface area contributed by atoms with E-state index in [4.69, 9.17) is 9.40 Å². The van der Waals surface area contributed by atoms with Crippen LogP contribution in [0.5, 0.6) is 0 Å². The number of hydrogen-bond acceptors (Lipinski definition) is 2. The van der Waals surface area contributed by atoms with Crippen LogP contribution < -0.4 is 0 Å². The molecule has 0 aliphatic carbocycles. The van der Waals surface area contributed by atoms with Gasteiger partial charge in [0.25, 0.3) is 0 Å². The molecule has 0 aliphatic rings.